The highest BCUT2D eigenvalue weighted by Crippen LogP contribution is 2.46. The first-order valence-corrected chi connectivity index (χ1v) is 18.8. The fourth-order valence-corrected chi connectivity index (χ4v) is 7.18. The molecule has 0 bridgehead atoms. The highest BCUT2D eigenvalue weighted by molar-refractivity contribution is 7.99. The third-order valence-electron chi connectivity index (χ3n) is 9.21. The molecule has 0 saturated carbocycles. The largest absolute Gasteiger partial charge is 0.435 e. The first-order valence-electron chi connectivity index (χ1n) is 17.6. The number of aliphatic hydroxyl groups is 1. The highest BCUT2D eigenvalue weighted by Gasteiger charge is 2.50. The van der Waals surface area contributed by atoms with Gasteiger partial charge in [0.25, 0.3) is 5.92 Å². The number of carbonyl (C=O) groups excluding carboxylic acids is 1. The Morgan fingerprint density at radius 2 is 1.79 bits per heavy atom. The summed E-state index contributed by atoms with van der Waals surface area (Å²) < 4.78 is 105. The number of carbonyl (C=O) groups is 1. The van der Waals surface area contributed by atoms with E-state index < -0.39 is 77.6 Å². The van der Waals surface area contributed by atoms with Crippen molar-refractivity contribution >= 4 is 34.6 Å². The van der Waals surface area contributed by atoms with E-state index in [1.165, 1.54) is 11.9 Å². The average Bonchev–Trinajstić information content (AvgIpc) is 3.77. The number of para-hydroxylation sites is 1. The van der Waals surface area contributed by atoms with Crippen molar-refractivity contribution in [3.8, 4) is 23.0 Å². The Balaban J connectivity index is 0.00000262. The van der Waals surface area contributed by atoms with Gasteiger partial charge in [0, 0.05) is 61.0 Å². The van der Waals surface area contributed by atoms with Gasteiger partial charge >= 0.3 is 6.18 Å². The molecule has 18 heteroatoms. The Labute approximate surface area is 321 Å². The Hall–Kier alpha value is -5.12. The summed E-state index contributed by atoms with van der Waals surface area (Å²) in [5.41, 5.74) is -2.49. The first kappa shape index (κ1) is 40.5. The first-order chi connectivity index (χ1) is 26.5. The van der Waals surface area contributed by atoms with Gasteiger partial charge in [0.05, 0.1) is 17.3 Å². The molecule has 7 rings (SSSR count). The number of aromatic nitrogens is 5. The minimum absolute atomic E-state index is 0.0768. The summed E-state index contributed by atoms with van der Waals surface area (Å²) in [5, 5.41) is 24.9. The van der Waals surface area contributed by atoms with E-state index in [-0.39, 0.29) is 36.5 Å². The summed E-state index contributed by atoms with van der Waals surface area (Å²) in [6, 6.07) is 10.1. The van der Waals surface area contributed by atoms with Gasteiger partial charge < -0.3 is 20.5 Å². The molecule has 3 aromatic heterocycles. The Morgan fingerprint density at radius 1 is 1.07 bits per heavy atom. The van der Waals surface area contributed by atoms with Gasteiger partial charge in [0.1, 0.15) is 29.6 Å². The lowest BCUT2D eigenvalue weighted by molar-refractivity contribution is -0.142. The minimum atomic E-state index is -5.04. The number of nitrogens with zero attached hydrogens (tertiary/aromatic N) is 5. The molecular weight excluding hydrogens is 766 g/mol. The van der Waals surface area contributed by atoms with Crippen LogP contribution in [-0.2, 0) is 43.3 Å². The van der Waals surface area contributed by atoms with Crippen LogP contribution in [0.25, 0.3) is 22.0 Å². The third-order valence-corrected chi connectivity index (χ3v) is 9.61. The van der Waals surface area contributed by atoms with Crippen molar-refractivity contribution in [3.63, 3.8) is 0 Å². The Kier molecular flexibility index (Phi) is 11.4. The molecule has 1 unspecified atom stereocenters. The number of hydrogen-bond donors (Lipinski definition) is 4. The van der Waals surface area contributed by atoms with Gasteiger partial charge in [-0.3, -0.25) is 14.2 Å². The zero-order valence-electron chi connectivity index (χ0n) is 30.6. The molecule has 10 nitrogen and oxygen atoms in total. The number of halogens is 7. The summed E-state index contributed by atoms with van der Waals surface area (Å²) in [4.78, 5) is 18.6. The zero-order valence-corrected chi connectivity index (χ0v) is 31.4. The summed E-state index contributed by atoms with van der Waals surface area (Å²) in [5.74, 6) is -0.340. The summed E-state index contributed by atoms with van der Waals surface area (Å²) in [7, 11) is 1.72. The SMILES string of the molecule is CC.CSNc1nn(C)c2c(-c3ccc(C#CC4(O)CNC4)nc3C(Cc3cc(F)cc(F)c3)NC(=O)Cn3nc(C(F)(F)F)c4c3C(F)(F)CC4)cccc12. The van der Waals surface area contributed by atoms with E-state index in [2.05, 4.69) is 37.4 Å². The van der Waals surface area contributed by atoms with Crippen molar-refractivity contribution in [2.45, 2.75) is 63.4 Å². The van der Waals surface area contributed by atoms with Crippen LogP contribution < -0.4 is 15.4 Å². The molecule has 296 valence electrons. The predicted molar refractivity (Wildman–Crippen MR) is 198 cm³/mol. The van der Waals surface area contributed by atoms with Crippen LogP contribution in [0.15, 0.2) is 48.5 Å². The number of nitrogens with one attached hydrogen (secondary N) is 3. The van der Waals surface area contributed by atoms with Gasteiger partial charge in [-0.15, -0.1) is 0 Å². The lowest BCUT2D eigenvalue weighted by atomic mass is 9.93. The van der Waals surface area contributed by atoms with Gasteiger partial charge in [-0.2, -0.15) is 32.1 Å². The average molecular weight is 803 g/mol. The standard InChI is InChI=1S/C36H31F7N8O2S.C2H6/c1-50-30-24(4-3-5-25(30)33(48-50)49-54-2)23-7-6-22(8-10-34(53)17-44-18-34)45-29(23)27(14-19-12-20(37)15-21(38)13-19)46-28(52)16-51-32-26(9-11-35(32,39)40)31(47-51)36(41,42)43;1-2/h3-7,12-13,15,27,44,53H,9,11,14,16-18H2,1-2H3,(H,46,52)(H,48,49);1-2H3. The number of benzene rings is 2. The van der Waals surface area contributed by atoms with Crippen LogP contribution in [0.1, 0.15) is 60.2 Å². The van der Waals surface area contributed by atoms with Crippen molar-refractivity contribution in [2.75, 3.05) is 24.1 Å². The monoisotopic (exact) mass is 802 g/mol. The number of fused-ring (bicyclic) bond motifs is 2. The van der Waals surface area contributed by atoms with Crippen LogP contribution in [0, 0.1) is 23.5 Å². The number of pyridine rings is 1. The van der Waals surface area contributed by atoms with E-state index >= 15 is 0 Å². The molecule has 0 radical (unpaired) electrons. The normalized spacial score (nSPS) is 15.9. The maximum absolute atomic E-state index is 14.9. The second-order valence-corrected chi connectivity index (χ2v) is 13.7. The van der Waals surface area contributed by atoms with Gasteiger partial charge in [-0.1, -0.05) is 43.8 Å². The molecule has 5 aromatic rings. The summed E-state index contributed by atoms with van der Waals surface area (Å²) in [6.07, 6.45) is -4.97. The van der Waals surface area contributed by atoms with Crippen molar-refractivity contribution in [1.29, 1.82) is 0 Å². The van der Waals surface area contributed by atoms with E-state index in [0.29, 0.717) is 33.2 Å². The van der Waals surface area contributed by atoms with E-state index in [4.69, 9.17) is 4.98 Å². The van der Waals surface area contributed by atoms with Crippen LogP contribution in [0.3, 0.4) is 0 Å². The molecule has 1 atom stereocenters. The molecule has 1 aliphatic heterocycles. The van der Waals surface area contributed by atoms with Crippen LogP contribution in [0.5, 0.6) is 0 Å². The lowest BCUT2D eigenvalue weighted by Crippen LogP contribution is -2.58. The van der Waals surface area contributed by atoms with Crippen molar-refractivity contribution < 1.29 is 40.6 Å². The molecule has 2 aliphatic rings. The number of anilines is 1. The molecule has 56 heavy (non-hydrogen) atoms. The molecule has 2 aromatic carbocycles. The summed E-state index contributed by atoms with van der Waals surface area (Å²) in [6.45, 7) is 3.41. The number of rotatable bonds is 9. The molecule has 1 saturated heterocycles. The van der Waals surface area contributed by atoms with E-state index in [0.717, 1.165) is 17.5 Å². The molecular formula is C38H37F7N8O2S. The van der Waals surface area contributed by atoms with Gasteiger partial charge in [0.2, 0.25) is 5.91 Å². The minimum Gasteiger partial charge on any atom is -0.375 e. The molecule has 4 heterocycles. The van der Waals surface area contributed by atoms with Gasteiger partial charge in [-0.05, 0) is 54.7 Å². The van der Waals surface area contributed by atoms with Gasteiger partial charge in [0.15, 0.2) is 17.1 Å². The number of hydrogen-bond acceptors (Lipinski definition) is 8. The zero-order chi connectivity index (χ0) is 40.6. The fourth-order valence-electron chi connectivity index (χ4n) is 6.84. The number of β-amino-alcohol motifs (C(OH)–C–C–N with tert-alkyl or cyclic N) is 1. The Morgan fingerprint density at radius 3 is 2.43 bits per heavy atom. The molecule has 1 amide bonds. The van der Waals surface area contributed by atoms with Gasteiger partial charge in [-0.25, -0.2) is 13.8 Å². The molecule has 1 aliphatic carbocycles. The third kappa shape index (κ3) is 8.20. The topological polar surface area (TPSA) is 122 Å². The maximum Gasteiger partial charge on any atom is 0.435 e. The smallest absolute Gasteiger partial charge is 0.375 e. The Bertz CT molecular complexity index is 2320. The molecule has 4 N–H and O–H groups in total. The quantitative estimate of drug-likeness (QED) is 0.0742. The fraction of sp³-hybridized carbons (Fsp3) is 0.368. The van der Waals surface area contributed by atoms with E-state index in [1.807, 2.05) is 26.2 Å². The number of aryl methyl sites for hydroxylation is 1. The van der Waals surface area contributed by atoms with Crippen LogP contribution in [0.4, 0.5) is 36.6 Å². The van der Waals surface area contributed by atoms with Crippen LogP contribution in [0.2, 0.25) is 0 Å². The van der Waals surface area contributed by atoms with Crippen LogP contribution >= 0.6 is 11.9 Å². The number of alkyl halides is 5. The second-order valence-electron chi connectivity index (χ2n) is 13.1. The van der Waals surface area contributed by atoms with Crippen molar-refractivity contribution in [1.82, 2.24) is 35.2 Å². The van der Waals surface area contributed by atoms with Crippen LogP contribution in [-0.4, -0.2) is 60.5 Å². The predicted octanol–water partition coefficient (Wildman–Crippen LogP) is 6.67. The van der Waals surface area contributed by atoms with Crippen molar-refractivity contribution in [3.05, 3.63) is 94.1 Å². The van der Waals surface area contributed by atoms with Crippen molar-refractivity contribution in [2.24, 2.45) is 7.05 Å². The summed E-state index contributed by atoms with van der Waals surface area (Å²) >= 11 is 1.33. The van der Waals surface area contributed by atoms with E-state index in [9.17, 15) is 40.6 Å². The second kappa shape index (κ2) is 15.8. The lowest BCUT2D eigenvalue weighted by Gasteiger charge is -2.32. The molecule has 1 fully saturated rings. The number of amides is 1. The van der Waals surface area contributed by atoms with E-state index in [1.54, 1.807) is 36.0 Å². The maximum atomic E-state index is 14.9. The molecule has 0 spiro atoms. The highest BCUT2D eigenvalue weighted by atomic mass is 32.2.